The van der Waals surface area contributed by atoms with Gasteiger partial charge >= 0.3 is 23.9 Å². The molecule has 12 heteroatoms. The number of carbonyl (C=O) groups is 1. The molecule has 1 rings (SSSR count). The fourth-order valence-electron chi connectivity index (χ4n) is 3.03. The first kappa shape index (κ1) is 24.0. The largest absolute Gasteiger partial charge is 0.438 e. The molecule has 0 atom stereocenters. The molecule has 0 aromatic rings. The van der Waals surface area contributed by atoms with E-state index in [9.17, 15) is 39.6 Å². The van der Waals surface area contributed by atoms with Crippen LogP contribution < -0.4 is 0 Å². The minimum atomic E-state index is -6.29. The molecule has 0 radical (unpaired) electrons. The lowest BCUT2D eigenvalue weighted by atomic mass is 9.92. The number of hydrogen-bond acceptors (Lipinski definition) is 4. The molecule has 0 aromatic carbocycles. The van der Waals surface area contributed by atoms with Crippen LogP contribution in [0.15, 0.2) is 0 Å². The quantitative estimate of drug-likeness (QED) is 0.407. The molecule has 0 saturated heterocycles. The number of carbonyl (C=O) groups excluding carboxylic acids is 1. The number of halogens is 6. The summed E-state index contributed by atoms with van der Waals surface area (Å²) in [6.07, 6.45) is -7.58. The van der Waals surface area contributed by atoms with E-state index in [1.165, 1.54) is 0 Å². The maximum Gasteiger partial charge on any atom is 0.438 e. The van der Waals surface area contributed by atoms with Crippen LogP contribution in [0.4, 0.5) is 26.3 Å². The Hall–Kier alpha value is -1.04. The molecular formula is C15H22F6O5S. The maximum absolute atomic E-state index is 13.2. The number of rotatable bonds is 4. The first-order valence-electron chi connectivity index (χ1n) is 8.51. The Balaban J connectivity index is 3.16. The van der Waals surface area contributed by atoms with Crippen molar-refractivity contribution in [1.82, 2.24) is 0 Å². The van der Waals surface area contributed by atoms with Gasteiger partial charge in [0.1, 0.15) is 5.75 Å². The Morgan fingerprint density at radius 1 is 0.852 bits per heavy atom. The van der Waals surface area contributed by atoms with Crippen molar-refractivity contribution in [3.05, 3.63) is 0 Å². The molecular weight excluding hydrogens is 406 g/mol. The van der Waals surface area contributed by atoms with Crippen molar-refractivity contribution < 1.29 is 48.8 Å². The van der Waals surface area contributed by atoms with Gasteiger partial charge in [-0.25, -0.2) is 0 Å². The van der Waals surface area contributed by atoms with Gasteiger partial charge in [-0.15, -0.1) is 0 Å². The van der Waals surface area contributed by atoms with Crippen LogP contribution >= 0.6 is 0 Å². The minimum Gasteiger partial charge on any atom is -0.438 e. The first-order chi connectivity index (χ1) is 12.2. The monoisotopic (exact) mass is 428 g/mol. The fourth-order valence-corrected chi connectivity index (χ4v) is 3.93. The number of ether oxygens (including phenoxy) is 1. The van der Waals surface area contributed by atoms with Crippen LogP contribution in [0.1, 0.15) is 57.8 Å². The smallest absolute Gasteiger partial charge is 0.438 e. The second-order valence-electron chi connectivity index (χ2n) is 6.72. The van der Waals surface area contributed by atoms with Gasteiger partial charge in [0.25, 0.3) is 10.1 Å². The molecule has 0 amide bonds. The molecule has 0 bridgehead atoms. The molecule has 1 saturated carbocycles. The molecule has 1 aliphatic rings. The van der Waals surface area contributed by atoms with E-state index in [2.05, 4.69) is 4.74 Å². The molecule has 27 heavy (non-hydrogen) atoms. The molecule has 5 nitrogen and oxygen atoms in total. The van der Waals surface area contributed by atoms with Gasteiger partial charge in [0.15, 0.2) is 0 Å². The summed E-state index contributed by atoms with van der Waals surface area (Å²) in [4.78, 5) is 12.2. The highest BCUT2D eigenvalue weighted by Crippen LogP contribution is 2.47. The molecule has 0 unspecified atom stereocenters. The van der Waals surface area contributed by atoms with E-state index in [1.54, 1.807) is 0 Å². The number of hydrogen-bond donors (Lipinski definition) is 1. The van der Waals surface area contributed by atoms with Crippen molar-refractivity contribution in [1.29, 1.82) is 0 Å². The molecule has 1 aliphatic carbocycles. The average Bonchev–Trinajstić information content (AvgIpc) is 2.48. The molecule has 0 aliphatic heterocycles. The Bertz CT molecular complexity index is 575. The van der Waals surface area contributed by atoms with Crippen LogP contribution in [0.2, 0.25) is 0 Å². The van der Waals surface area contributed by atoms with Crippen LogP contribution in [-0.2, 0) is 19.6 Å². The van der Waals surface area contributed by atoms with Crippen molar-refractivity contribution in [2.75, 3.05) is 5.75 Å². The van der Waals surface area contributed by atoms with Crippen LogP contribution in [0.25, 0.3) is 0 Å². The second kappa shape index (κ2) is 8.97. The predicted molar refractivity (Wildman–Crippen MR) is 82.4 cm³/mol. The van der Waals surface area contributed by atoms with E-state index in [4.69, 9.17) is 4.55 Å². The van der Waals surface area contributed by atoms with Crippen LogP contribution in [0, 0.1) is 5.92 Å². The lowest BCUT2D eigenvalue weighted by Gasteiger charge is -2.36. The predicted octanol–water partition coefficient (Wildman–Crippen LogP) is 4.42. The molecule has 0 heterocycles. The summed E-state index contributed by atoms with van der Waals surface area (Å²) in [6.45, 7) is 0. The van der Waals surface area contributed by atoms with Gasteiger partial charge in [0, 0.05) is 0 Å². The molecule has 1 fully saturated rings. The second-order valence-corrected chi connectivity index (χ2v) is 8.17. The van der Waals surface area contributed by atoms with Crippen molar-refractivity contribution in [3.63, 3.8) is 0 Å². The number of esters is 1. The average molecular weight is 428 g/mol. The summed E-state index contributed by atoms with van der Waals surface area (Å²) < 4.78 is 113. The van der Waals surface area contributed by atoms with Gasteiger partial charge in [-0.1, -0.05) is 44.9 Å². The summed E-state index contributed by atoms with van der Waals surface area (Å²) in [5.74, 6) is -5.80. The maximum atomic E-state index is 13.2. The summed E-state index contributed by atoms with van der Waals surface area (Å²) in [7, 11) is -5.77. The Morgan fingerprint density at radius 2 is 1.22 bits per heavy atom. The van der Waals surface area contributed by atoms with Gasteiger partial charge in [0.2, 0.25) is 0 Å². The third-order valence-electron chi connectivity index (χ3n) is 4.51. The molecule has 160 valence electrons. The summed E-state index contributed by atoms with van der Waals surface area (Å²) in [6, 6.07) is 0. The van der Waals surface area contributed by atoms with Crippen molar-refractivity contribution in [2.24, 2.45) is 5.92 Å². The Labute approximate surface area is 153 Å². The van der Waals surface area contributed by atoms with E-state index >= 15 is 0 Å². The fraction of sp³-hybridized carbons (Fsp3) is 0.933. The molecule has 1 N–H and O–H groups in total. The van der Waals surface area contributed by atoms with Crippen molar-refractivity contribution in [2.45, 2.75) is 75.7 Å². The van der Waals surface area contributed by atoms with Crippen LogP contribution in [0.3, 0.4) is 0 Å². The minimum absolute atomic E-state index is 0.0521. The van der Waals surface area contributed by atoms with Crippen molar-refractivity contribution in [3.8, 4) is 0 Å². The third-order valence-corrected chi connectivity index (χ3v) is 5.29. The third kappa shape index (κ3) is 6.81. The first-order valence-corrected chi connectivity index (χ1v) is 10.1. The highest BCUT2D eigenvalue weighted by atomic mass is 32.2. The Kier molecular flexibility index (Phi) is 7.98. The van der Waals surface area contributed by atoms with Gasteiger partial charge in [-0.2, -0.15) is 34.8 Å². The zero-order valence-electron chi connectivity index (χ0n) is 14.4. The lowest BCUT2D eigenvalue weighted by molar-refractivity contribution is -0.362. The van der Waals surface area contributed by atoms with Crippen LogP contribution in [-0.4, -0.2) is 42.6 Å². The van der Waals surface area contributed by atoms with E-state index in [0.29, 0.717) is 25.7 Å². The topological polar surface area (TPSA) is 80.7 Å². The highest BCUT2D eigenvalue weighted by molar-refractivity contribution is 7.85. The normalized spacial score (nSPS) is 19.5. The summed E-state index contributed by atoms with van der Waals surface area (Å²) in [5, 5.41) is 0. The SMILES string of the molecule is O=C(OC(CS(=O)(=O)O)(C(F)(F)F)C(F)(F)F)C1CCCCCCCCC1. The van der Waals surface area contributed by atoms with Gasteiger partial charge in [0.05, 0.1) is 5.92 Å². The van der Waals surface area contributed by atoms with E-state index < -0.39 is 45.7 Å². The molecule has 0 aromatic heterocycles. The Morgan fingerprint density at radius 3 is 1.56 bits per heavy atom. The number of alkyl halides is 6. The molecule has 0 spiro atoms. The summed E-state index contributed by atoms with van der Waals surface area (Å²) >= 11 is 0. The zero-order valence-corrected chi connectivity index (χ0v) is 15.2. The van der Waals surface area contributed by atoms with E-state index in [0.717, 1.165) is 19.3 Å². The van der Waals surface area contributed by atoms with Crippen molar-refractivity contribution >= 4 is 16.1 Å². The van der Waals surface area contributed by atoms with Gasteiger partial charge in [-0.3, -0.25) is 9.35 Å². The van der Waals surface area contributed by atoms with Gasteiger partial charge in [-0.05, 0) is 12.8 Å². The standard InChI is InChI=1S/C15H22F6O5S/c16-14(17,18)13(15(19,20)21,10-27(23,24)25)26-12(22)11-8-6-4-2-1-3-5-7-9-11/h11H,1-10H2,(H,23,24,25). The van der Waals surface area contributed by atoms with Crippen LogP contribution in [0.5, 0.6) is 0 Å². The van der Waals surface area contributed by atoms with Gasteiger partial charge < -0.3 is 4.74 Å². The summed E-state index contributed by atoms with van der Waals surface area (Å²) in [5.41, 5.74) is -5.32. The highest BCUT2D eigenvalue weighted by Gasteiger charge is 2.76. The zero-order chi connectivity index (χ0) is 20.9. The van der Waals surface area contributed by atoms with E-state index in [1.807, 2.05) is 0 Å². The lowest BCUT2D eigenvalue weighted by Crippen LogP contribution is -2.63. The van der Waals surface area contributed by atoms with E-state index in [-0.39, 0.29) is 12.8 Å².